The van der Waals surface area contributed by atoms with Crippen molar-refractivity contribution in [1.82, 2.24) is 4.90 Å². The lowest BCUT2D eigenvalue weighted by Crippen LogP contribution is -3.00. The minimum absolute atomic E-state index is 0. The lowest BCUT2D eigenvalue weighted by atomic mass is 10.2. The third-order valence-corrected chi connectivity index (χ3v) is 5.73. The standard InChI is InChI=1S/C21H38FN2O.BrH/c1-7-19(6)23(8-2)13-14-24(9-3,10-4)15-16-25-21-12-11-18(5)17-20(21)22;/h11-12,17,19H,7-10,13-16H2,1-6H3;1H/q+1;/p-1. The summed E-state index contributed by atoms with van der Waals surface area (Å²) in [6.07, 6.45) is 1.18. The molecule has 5 heteroatoms. The molecule has 0 amide bonds. The maximum absolute atomic E-state index is 13.9. The largest absolute Gasteiger partial charge is 1.00 e. The average molecular weight is 433 g/mol. The zero-order valence-corrected chi connectivity index (χ0v) is 19.1. The number of benzene rings is 1. The SMILES string of the molecule is CCC(C)N(CC)CC[N+](CC)(CC)CCOc1ccc(C)cc1F.[Br-]. The Morgan fingerprint density at radius 3 is 2.27 bits per heavy atom. The molecule has 0 saturated carbocycles. The third kappa shape index (κ3) is 7.53. The molecule has 1 atom stereocenters. The second-order valence-corrected chi connectivity index (χ2v) is 7.09. The predicted molar refractivity (Wildman–Crippen MR) is 105 cm³/mol. The Balaban J connectivity index is 0.00000625. The van der Waals surface area contributed by atoms with Gasteiger partial charge in [0.15, 0.2) is 11.6 Å². The van der Waals surface area contributed by atoms with Crippen molar-refractivity contribution >= 4 is 0 Å². The molecule has 1 aromatic carbocycles. The van der Waals surface area contributed by atoms with E-state index >= 15 is 0 Å². The first-order valence-electron chi connectivity index (χ1n) is 9.89. The number of hydrogen-bond donors (Lipinski definition) is 0. The van der Waals surface area contributed by atoms with Crippen molar-refractivity contribution in [2.24, 2.45) is 0 Å². The first-order valence-corrected chi connectivity index (χ1v) is 9.89. The summed E-state index contributed by atoms with van der Waals surface area (Å²) in [5, 5.41) is 0. The van der Waals surface area contributed by atoms with Crippen LogP contribution in [0.4, 0.5) is 4.39 Å². The van der Waals surface area contributed by atoms with Crippen molar-refractivity contribution in [3.63, 3.8) is 0 Å². The molecule has 26 heavy (non-hydrogen) atoms. The molecule has 0 aliphatic carbocycles. The van der Waals surface area contributed by atoms with Gasteiger partial charge in [-0.3, -0.25) is 4.90 Å². The van der Waals surface area contributed by atoms with Gasteiger partial charge in [-0.05, 0) is 58.4 Å². The van der Waals surface area contributed by atoms with E-state index in [9.17, 15) is 4.39 Å². The van der Waals surface area contributed by atoms with Gasteiger partial charge in [0.05, 0.1) is 19.6 Å². The summed E-state index contributed by atoms with van der Waals surface area (Å²) in [5.41, 5.74) is 0.918. The van der Waals surface area contributed by atoms with Crippen LogP contribution < -0.4 is 21.7 Å². The van der Waals surface area contributed by atoms with Gasteiger partial charge in [0.2, 0.25) is 0 Å². The van der Waals surface area contributed by atoms with E-state index in [-0.39, 0.29) is 22.8 Å². The van der Waals surface area contributed by atoms with E-state index in [1.54, 1.807) is 6.07 Å². The molecule has 0 bridgehead atoms. The van der Waals surface area contributed by atoms with Crippen molar-refractivity contribution in [3.8, 4) is 5.75 Å². The second-order valence-electron chi connectivity index (χ2n) is 7.09. The van der Waals surface area contributed by atoms with Gasteiger partial charge in [0, 0.05) is 12.6 Å². The van der Waals surface area contributed by atoms with Crippen molar-refractivity contribution in [2.45, 2.75) is 54.0 Å². The topological polar surface area (TPSA) is 12.5 Å². The Morgan fingerprint density at radius 2 is 1.77 bits per heavy atom. The van der Waals surface area contributed by atoms with E-state index in [2.05, 4.69) is 39.5 Å². The fourth-order valence-corrected chi connectivity index (χ4v) is 3.33. The Morgan fingerprint density at radius 1 is 1.12 bits per heavy atom. The van der Waals surface area contributed by atoms with Crippen molar-refractivity contribution < 1.29 is 30.6 Å². The first kappa shape index (κ1) is 25.4. The highest BCUT2D eigenvalue weighted by molar-refractivity contribution is 5.28. The molecule has 0 radical (unpaired) electrons. The van der Waals surface area contributed by atoms with Crippen molar-refractivity contribution in [3.05, 3.63) is 29.6 Å². The molecule has 152 valence electrons. The van der Waals surface area contributed by atoms with Gasteiger partial charge in [-0.2, -0.15) is 0 Å². The van der Waals surface area contributed by atoms with Gasteiger partial charge in [0.25, 0.3) is 0 Å². The molecule has 0 fully saturated rings. The highest BCUT2D eigenvalue weighted by Gasteiger charge is 2.25. The quantitative estimate of drug-likeness (QED) is 0.464. The summed E-state index contributed by atoms with van der Waals surface area (Å²) >= 11 is 0. The highest BCUT2D eigenvalue weighted by Crippen LogP contribution is 2.18. The van der Waals surface area contributed by atoms with E-state index in [0.29, 0.717) is 18.4 Å². The van der Waals surface area contributed by atoms with Crippen molar-refractivity contribution in [2.75, 3.05) is 45.9 Å². The number of hydrogen-bond acceptors (Lipinski definition) is 2. The zero-order valence-electron chi connectivity index (χ0n) is 17.5. The number of ether oxygens (including phenoxy) is 1. The van der Waals surface area contributed by atoms with Gasteiger partial charge in [0.1, 0.15) is 13.2 Å². The van der Waals surface area contributed by atoms with Crippen LogP contribution in [0.2, 0.25) is 0 Å². The molecule has 3 nitrogen and oxygen atoms in total. The Kier molecular flexibility index (Phi) is 12.4. The number of rotatable bonds is 12. The molecule has 0 heterocycles. The van der Waals surface area contributed by atoms with Crippen LogP contribution in [0.25, 0.3) is 0 Å². The number of aryl methyl sites for hydroxylation is 1. The van der Waals surface area contributed by atoms with Crippen LogP contribution in [-0.4, -0.2) is 61.3 Å². The minimum Gasteiger partial charge on any atom is -1.00 e. The van der Waals surface area contributed by atoms with Crippen LogP contribution in [0.1, 0.15) is 46.6 Å². The summed E-state index contributed by atoms with van der Waals surface area (Å²) in [5.74, 6) is 0.103. The summed E-state index contributed by atoms with van der Waals surface area (Å²) < 4.78 is 20.7. The van der Waals surface area contributed by atoms with E-state index in [1.807, 2.05) is 13.0 Å². The molecule has 1 unspecified atom stereocenters. The molecule has 0 aliphatic rings. The molecule has 0 saturated heterocycles. The molecule has 1 aromatic rings. The second kappa shape index (κ2) is 12.7. The minimum atomic E-state index is -0.264. The maximum atomic E-state index is 13.9. The first-order chi connectivity index (χ1) is 11.9. The van der Waals surface area contributed by atoms with E-state index in [1.165, 1.54) is 12.5 Å². The van der Waals surface area contributed by atoms with Gasteiger partial charge in [-0.1, -0.05) is 19.9 Å². The lowest BCUT2D eigenvalue weighted by Gasteiger charge is -2.39. The van der Waals surface area contributed by atoms with Crippen LogP contribution >= 0.6 is 0 Å². The molecule has 0 spiro atoms. The van der Waals surface area contributed by atoms with E-state index in [4.69, 9.17) is 4.74 Å². The van der Waals surface area contributed by atoms with E-state index in [0.717, 1.165) is 49.3 Å². The number of likely N-dealkylation sites (N-methyl/N-ethyl adjacent to an activating group) is 2. The Labute approximate surface area is 170 Å². The lowest BCUT2D eigenvalue weighted by molar-refractivity contribution is -0.924. The van der Waals surface area contributed by atoms with Gasteiger partial charge in [-0.25, -0.2) is 4.39 Å². The van der Waals surface area contributed by atoms with Gasteiger partial charge in [-0.15, -0.1) is 0 Å². The van der Waals surface area contributed by atoms with E-state index < -0.39 is 0 Å². The summed E-state index contributed by atoms with van der Waals surface area (Å²) in [7, 11) is 0. The summed E-state index contributed by atoms with van der Waals surface area (Å²) in [4.78, 5) is 2.55. The normalized spacial score (nSPS) is 12.8. The Bertz CT molecular complexity index is 509. The highest BCUT2D eigenvalue weighted by atomic mass is 79.9. The number of nitrogens with zero attached hydrogens (tertiary/aromatic N) is 2. The molecule has 0 N–H and O–H groups in total. The molecular weight excluding hydrogens is 395 g/mol. The number of quaternary nitrogens is 1. The smallest absolute Gasteiger partial charge is 0.165 e. The molecule has 0 aromatic heterocycles. The Hall–Kier alpha value is -0.650. The van der Waals surface area contributed by atoms with Gasteiger partial charge >= 0.3 is 0 Å². The van der Waals surface area contributed by atoms with Crippen LogP contribution in [0.5, 0.6) is 5.75 Å². The molecule has 0 aliphatic heterocycles. The monoisotopic (exact) mass is 432 g/mol. The van der Waals surface area contributed by atoms with Gasteiger partial charge < -0.3 is 26.2 Å². The van der Waals surface area contributed by atoms with Crippen LogP contribution in [0.15, 0.2) is 18.2 Å². The third-order valence-electron chi connectivity index (χ3n) is 5.73. The zero-order chi connectivity index (χ0) is 18.9. The average Bonchev–Trinajstić information content (AvgIpc) is 2.62. The fourth-order valence-electron chi connectivity index (χ4n) is 3.33. The summed E-state index contributed by atoms with van der Waals surface area (Å²) in [6.45, 7) is 20.1. The molecular formula is C21H38BrFN2O. The maximum Gasteiger partial charge on any atom is 0.165 e. The molecule has 1 rings (SSSR count). The number of halogens is 2. The fraction of sp³-hybridized carbons (Fsp3) is 0.714. The predicted octanol–water partition coefficient (Wildman–Crippen LogP) is 1.49. The van der Waals surface area contributed by atoms with Crippen LogP contribution in [0.3, 0.4) is 0 Å². The van der Waals surface area contributed by atoms with Crippen LogP contribution in [-0.2, 0) is 0 Å². The van der Waals surface area contributed by atoms with Crippen molar-refractivity contribution in [1.29, 1.82) is 0 Å². The van der Waals surface area contributed by atoms with Crippen LogP contribution in [0, 0.1) is 12.7 Å². The summed E-state index contributed by atoms with van der Waals surface area (Å²) in [6, 6.07) is 5.78.